The summed E-state index contributed by atoms with van der Waals surface area (Å²) in [6.45, 7) is 0.889. The van der Waals surface area contributed by atoms with E-state index in [0.717, 1.165) is 35.0 Å². The number of anilines is 1. The van der Waals surface area contributed by atoms with E-state index in [1.165, 1.54) is 12.8 Å². The number of nitrogens with zero attached hydrogens (tertiary/aromatic N) is 5. The van der Waals surface area contributed by atoms with Gasteiger partial charge in [0.05, 0.1) is 17.3 Å². The number of hydrogen-bond acceptors (Lipinski definition) is 5. The standard InChI is InChI=1S/C18H22N6/c1-23(2)16(13-8-9-13)11-19-17-15-10-22-24(18(15)21-12-20-17)14-6-4-3-5-7-14/h3-7,10,12-13,16H,8-9,11H2,1-2H3,(H,19,20,21). The maximum absolute atomic E-state index is 4.50. The van der Waals surface area contributed by atoms with Crippen molar-refractivity contribution in [3.05, 3.63) is 42.9 Å². The molecule has 1 N–H and O–H groups in total. The molecule has 1 atom stereocenters. The largest absolute Gasteiger partial charge is 0.368 e. The van der Waals surface area contributed by atoms with E-state index < -0.39 is 0 Å². The Morgan fingerprint density at radius 2 is 2.00 bits per heavy atom. The van der Waals surface area contributed by atoms with Crippen LogP contribution in [-0.4, -0.2) is 51.3 Å². The van der Waals surface area contributed by atoms with Crippen molar-refractivity contribution >= 4 is 16.9 Å². The zero-order valence-corrected chi connectivity index (χ0v) is 14.1. The number of benzene rings is 1. The van der Waals surface area contributed by atoms with Gasteiger partial charge in [0.1, 0.15) is 12.1 Å². The topological polar surface area (TPSA) is 58.9 Å². The van der Waals surface area contributed by atoms with Gasteiger partial charge in [-0.1, -0.05) is 18.2 Å². The summed E-state index contributed by atoms with van der Waals surface area (Å²) < 4.78 is 1.85. The summed E-state index contributed by atoms with van der Waals surface area (Å²) in [5, 5.41) is 8.96. The molecule has 0 aliphatic heterocycles. The van der Waals surface area contributed by atoms with Crippen LogP contribution in [0.1, 0.15) is 12.8 Å². The average molecular weight is 322 g/mol. The molecule has 1 saturated carbocycles. The smallest absolute Gasteiger partial charge is 0.168 e. The third-order valence-electron chi connectivity index (χ3n) is 4.67. The van der Waals surface area contributed by atoms with Gasteiger partial charge in [-0.3, -0.25) is 0 Å². The van der Waals surface area contributed by atoms with Crippen LogP contribution in [0.15, 0.2) is 42.9 Å². The summed E-state index contributed by atoms with van der Waals surface area (Å²) in [5.74, 6) is 1.66. The molecule has 2 heterocycles. The van der Waals surface area contributed by atoms with E-state index in [4.69, 9.17) is 0 Å². The van der Waals surface area contributed by atoms with Crippen molar-refractivity contribution in [2.24, 2.45) is 5.92 Å². The second-order valence-corrected chi connectivity index (χ2v) is 6.60. The summed E-state index contributed by atoms with van der Waals surface area (Å²) in [5.41, 5.74) is 1.83. The maximum Gasteiger partial charge on any atom is 0.168 e. The average Bonchev–Trinajstić information content (AvgIpc) is 3.33. The van der Waals surface area contributed by atoms with Crippen LogP contribution in [0.4, 0.5) is 5.82 Å². The highest BCUT2D eigenvalue weighted by Gasteiger charge is 2.32. The molecule has 1 aliphatic rings. The third kappa shape index (κ3) is 2.85. The quantitative estimate of drug-likeness (QED) is 0.756. The van der Waals surface area contributed by atoms with Crippen molar-refractivity contribution in [2.45, 2.75) is 18.9 Å². The molecule has 0 amide bonds. The highest BCUT2D eigenvalue weighted by atomic mass is 15.3. The minimum atomic E-state index is 0.541. The Morgan fingerprint density at radius 3 is 2.71 bits per heavy atom. The summed E-state index contributed by atoms with van der Waals surface area (Å²) in [7, 11) is 4.29. The van der Waals surface area contributed by atoms with Crippen molar-refractivity contribution < 1.29 is 0 Å². The maximum atomic E-state index is 4.50. The predicted octanol–water partition coefficient (Wildman–Crippen LogP) is 2.57. The molecule has 0 saturated heterocycles. The number of nitrogens with one attached hydrogen (secondary N) is 1. The Bertz CT molecular complexity index is 820. The lowest BCUT2D eigenvalue weighted by atomic mass is 10.1. The van der Waals surface area contributed by atoms with Gasteiger partial charge < -0.3 is 10.2 Å². The monoisotopic (exact) mass is 322 g/mol. The van der Waals surface area contributed by atoms with Crippen molar-refractivity contribution in [1.82, 2.24) is 24.6 Å². The van der Waals surface area contributed by atoms with Crippen LogP contribution >= 0.6 is 0 Å². The van der Waals surface area contributed by atoms with Gasteiger partial charge in [0.2, 0.25) is 0 Å². The Balaban J connectivity index is 1.61. The molecular weight excluding hydrogens is 300 g/mol. The fraction of sp³-hybridized carbons (Fsp3) is 0.389. The SMILES string of the molecule is CN(C)C(CNc1ncnc2c1cnn2-c1ccccc1)C1CC1. The lowest BCUT2D eigenvalue weighted by Gasteiger charge is -2.24. The Kier molecular flexibility index (Phi) is 3.90. The van der Waals surface area contributed by atoms with Crippen molar-refractivity contribution in [3.8, 4) is 5.69 Å². The van der Waals surface area contributed by atoms with Gasteiger partial charge in [0.15, 0.2) is 5.65 Å². The molecule has 4 rings (SSSR count). The molecule has 0 spiro atoms. The minimum absolute atomic E-state index is 0.541. The fourth-order valence-electron chi connectivity index (χ4n) is 3.20. The van der Waals surface area contributed by atoms with Gasteiger partial charge in [0, 0.05) is 12.6 Å². The van der Waals surface area contributed by atoms with Crippen LogP contribution in [0.5, 0.6) is 0 Å². The molecule has 1 aromatic carbocycles. The second-order valence-electron chi connectivity index (χ2n) is 6.60. The molecule has 0 radical (unpaired) electrons. The molecule has 6 nitrogen and oxygen atoms in total. The molecular formula is C18H22N6. The van der Waals surface area contributed by atoms with E-state index in [1.807, 2.05) is 41.2 Å². The fourth-order valence-corrected chi connectivity index (χ4v) is 3.20. The number of hydrogen-bond donors (Lipinski definition) is 1. The number of rotatable bonds is 6. The first-order chi connectivity index (χ1) is 11.7. The second kappa shape index (κ2) is 6.20. The van der Waals surface area contributed by atoms with Crippen molar-refractivity contribution in [1.29, 1.82) is 0 Å². The predicted molar refractivity (Wildman–Crippen MR) is 95.3 cm³/mol. The Labute approximate surface area is 141 Å². The van der Waals surface area contributed by atoms with E-state index >= 15 is 0 Å². The molecule has 1 aliphatic carbocycles. The lowest BCUT2D eigenvalue weighted by Crippen LogP contribution is -2.36. The van der Waals surface area contributed by atoms with Crippen LogP contribution in [0.25, 0.3) is 16.7 Å². The first-order valence-corrected chi connectivity index (χ1v) is 8.38. The first kappa shape index (κ1) is 15.1. The lowest BCUT2D eigenvalue weighted by molar-refractivity contribution is 0.276. The number of fused-ring (bicyclic) bond motifs is 1. The molecule has 1 unspecified atom stereocenters. The molecule has 1 fully saturated rings. The van der Waals surface area contributed by atoms with E-state index in [1.54, 1.807) is 6.33 Å². The van der Waals surface area contributed by atoms with Crippen molar-refractivity contribution in [3.63, 3.8) is 0 Å². The van der Waals surface area contributed by atoms with Gasteiger partial charge >= 0.3 is 0 Å². The molecule has 3 aromatic rings. The summed E-state index contributed by atoms with van der Waals surface area (Å²) in [6, 6.07) is 10.6. The van der Waals surface area contributed by atoms with E-state index in [0.29, 0.717) is 6.04 Å². The van der Waals surface area contributed by atoms with Crippen LogP contribution in [0.2, 0.25) is 0 Å². The Hall–Kier alpha value is -2.47. The zero-order valence-electron chi connectivity index (χ0n) is 14.1. The number of likely N-dealkylation sites (N-methyl/N-ethyl adjacent to an activating group) is 1. The van der Waals surface area contributed by atoms with Gasteiger partial charge in [-0.2, -0.15) is 5.10 Å². The van der Waals surface area contributed by atoms with Crippen LogP contribution in [-0.2, 0) is 0 Å². The highest BCUT2D eigenvalue weighted by molar-refractivity contribution is 5.87. The van der Waals surface area contributed by atoms with Gasteiger partial charge in [-0.15, -0.1) is 0 Å². The van der Waals surface area contributed by atoms with Crippen LogP contribution < -0.4 is 5.32 Å². The zero-order chi connectivity index (χ0) is 16.5. The van der Waals surface area contributed by atoms with Gasteiger partial charge in [-0.05, 0) is 45.0 Å². The molecule has 6 heteroatoms. The normalized spacial score (nSPS) is 15.8. The number of aromatic nitrogens is 4. The van der Waals surface area contributed by atoms with Crippen LogP contribution in [0, 0.1) is 5.92 Å². The van der Waals surface area contributed by atoms with E-state index in [9.17, 15) is 0 Å². The summed E-state index contributed by atoms with van der Waals surface area (Å²) >= 11 is 0. The highest BCUT2D eigenvalue weighted by Crippen LogP contribution is 2.34. The molecule has 124 valence electrons. The van der Waals surface area contributed by atoms with Gasteiger partial charge in [0.25, 0.3) is 0 Å². The molecule has 24 heavy (non-hydrogen) atoms. The van der Waals surface area contributed by atoms with Crippen molar-refractivity contribution in [2.75, 3.05) is 26.0 Å². The van der Waals surface area contributed by atoms with Gasteiger partial charge in [-0.25, -0.2) is 14.6 Å². The first-order valence-electron chi connectivity index (χ1n) is 8.38. The van der Waals surface area contributed by atoms with E-state index in [-0.39, 0.29) is 0 Å². The minimum Gasteiger partial charge on any atom is -0.368 e. The van der Waals surface area contributed by atoms with E-state index in [2.05, 4.69) is 39.4 Å². The summed E-state index contributed by atoms with van der Waals surface area (Å²) in [6.07, 6.45) is 6.10. The Morgan fingerprint density at radius 1 is 1.21 bits per heavy atom. The summed E-state index contributed by atoms with van der Waals surface area (Å²) in [4.78, 5) is 11.2. The molecule has 0 bridgehead atoms. The molecule has 2 aromatic heterocycles. The van der Waals surface area contributed by atoms with Crippen LogP contribution in [0.3, 0.4) is 0 Å². The third-order valence-corrected chi connectivity index (χ3v) is 4.67. The number of para-hydroxylation sites is 1.